The number of nitrogens with one attached hydrogen (secondary N) is 2. The minimum Gasteiger partial charge on any atom is -0.471 e. The van der Waals surface area contributed by atoms with Gasteiger partial charge in [0.2, 0.25) is 17.7 Å². The first-order valence-electron chi connectivity index (χ1n) is 17.4. The van der Waals surface area contributed by atoms with Crippen LogP contribution >= 0.6 is 0 Å². The number of aromatic nitrogens is 5. The number of amides is 1. The molecule has 7 aromatic rings. The maximum absolute atomic E-state index is 13.0. The highest BCUT2D eigenvalue weighted by molar-refractivity contribution is 6.08. The molecule has 0 aliphatic carbocycles. The molecule has 0 spiro atoms. The second-order valence-corrected chi connectivity index (χ2v) is 13.3. The van der Waals surface area contributed by atoms with Crippen molar-refractivity contribution in [2.24, 2.45) is 0 Å². The predicted octanol–water partition coefficient (Wildman–Crippen LogP) is 6.80. The molecule has 3 aromatic carbocycles. The van der Waals surface area contributed by atoms with E-state index in [1.54, 1.807) is 0 Å². The number of hydrogen-bond acceptors (Lipinski definition) is 9. The number of carbonyl (C=O) groups excluding carboxylic acids is 1. The zero-order valence-electron chi connectivity index (χ0n) is 29.8. The molecule has 1 amide bonds. The number of fused-ring (bicyclic) bond motifs is 4. The van der Waals surface area contributed by atoms with E-state index in [-0.39, 0.29) is 17.5 Å². The van der Waals surface area contributed by atoms with Crippen molar-refractivity contribution in [1.82, 2.24) is 29.8 Å². The van der Waals surface area contributed by atoms with E-state index >= 15 is 0 Å². The van der Waals surface area contributed by atoms with Crippen LogP contribution in [0.25, 0.3) is 44.2 Å². The number of aryl methyl sites for hydroxylation is 2. The Balaban J connectivity index is 0.912. The molecule has 7 rings (SSSR count). The topological polar surface area (TPSA) is 157 Å². The van der Waals surface area contributed by atoms with Gasteiger partial charge in [-0.05, 0) is 79.3 Å². The summed E-state index contributed by atoms with van der Waals surface area (Å²) in [4.78, 5) is 43.0. The number of rotatable bonds is 13. The van der Waals surface area contributed by atoms with Gasteiger partial charge >= 0.3 is 5.63 Å². The molecular weight excluding hydrogens is 656 g/mol. The Morgan fingerprint density at radius 1 is 0.981 bits per heavy atom. The highest BCUT2D eigenvalue weighted by Gasteiger charge is 2.17. The van der Waals surface area contributed by atoms with Crippen LogP contribution < -0.4 is 26.3 Å². The Morgan fingerprint density at radius 3 is 2.52 bits per heavy atom. The molecule has 0 saturated carbocycles. The number of anilines is 2. The molecule has 12 heteroatoms. The fourth-order valence-electron chi connectivity index (χ4n) is 6.64. The van der Waals surface area contributed by atoms with Crippen LogP contribution in [0.2, 0.25) is 0 Å². The van der Waals surface area contributed by atoms with Gasteiger partial charge in [0.1, 0.15) is 17.7 Å². The summed E-state index contributed by atoms with van der Waals surface area (Å²) in [6.45, 7) is 5.87. The van der Waals surface area contributed by atoms with E-state index in [9.17, 15) is 9.59 Å². The van der Waals surface area contributed by atoms with Crippen molar-refractivity contribution in [1.29, 1.82) is 0 Å². The molecule has 12 nitrogen and oxygen atoms in total. The summed E-state index contributed by atoms with van der Waals surface area (Å²) in [6, 6.07) is 21.7. The molecule has 4 aromatic heterocycles. The lowest BCUT2D eigenvalue weighted by molar-refractivity contribution is -0.121. The van der Waals surface area contributed by atoms with Crippen molar-refractivity contribution in [3.8, 4) is 17.0 Å². The first kappa shape index (κ1) is 34.3. The summed E-state index contributed by atoms with van der Waals surface area (Å²) in [6.07, 6.45) is 4.68. The second kappa shape index (κ2) is 14.6. The number of unbranched alkanes of at least 4 members (excludes halogenated alkanes) is 2. The van der Waals surface area contributed by atoms with Gasteiger partial charge in [0.25, 0.3) is 0 Å². The molecule has 0 unspecified atom stereocenters. The highest BCUT2D eigenvalue weighted by atomic mass is 16.5. The zero-order chi connectivity index (χ0) is 36.4. The maximum atomic E-state index is 13.0. The predicted molar refractivity (Wildman–Crippen MR) is 204 cm³/mol. The van der Waals surface area contributed by atoms with E-state index in [1.165, 1.54) is 17.6 Å². The molecule has 0 radical (unpaired) electrons. The van der Waals surface area contributed by atoms with Crippen LogP contribution in [0.15, 0.2) is 82.3 Å². The number of nitrogens with zero attached hydrogens (tertiary/aromatic N) is 5. The average Bonchev–Trinajstić information content (AvgIpc) is 3.71. The van der Waals surface area contributed by atoms with E-state index in [1.807, 2.05) is 85.7 Å². The number of ether oxygens (including phenoxy) is 1. The number of imidazole rings is 1. The molecule has 0 aliphatic heterocycles. The normalized spacial score (nSPS) is 11.5. The maximum Gasteiger partial charge on any atom is 0.344 e. The van der Waals surface area contributed by atoms with Crippen molar-refractivity contribution >= 4 is 50.6 Å². The first-order chi connectivity index (χ1) is 25.2. The van der Waals surface area contributed by atoms with E-state index in [4.69, 9.17) is 14.9 Å². The summed E-state index contributed by atoms with van der Waals surface area (Å²) in [5.41, 5.74) is 15.0. The van der Waals surface area contributed by atoms with Crippen molar-refractivity contribution < 1.29 is 13.9 Å². The van der Waals surface area contributed by atoms with Gasteiger partial charge in [0.15, 0.2) is 5.65 Å². The largest absolute Gasteiger partial charge is 0.471 e. The average molecular weight is 699 g/mol. The number of nitrogen functional groups attached to an aromatic ring is 1. The third kappa shape index (κ3) is 7.05. The van der Waals surface area contributed by atoms with Crippen LogP contribution in [-0.2, 0) is 24.5 Å². The van der Waals surface area contributed by atoms with E-state index < -0.39 is 0 Å². The van der Waals surface area contributed by atoms with E-state index in [2.05, 4.69) is 43.7 Å². The van der Waals surface area contributed by atoms with Crippen LogP contribution in [0.5, 0.6) is 5.88 Å². The van der Waals surface area contributed by atoms with Crippen LogP contribution in [0.1, 0.15) is 48.1 Å². The van der Waals surface area contributed by atoms with Gasteiger partial charge in [-0.15, -0.1) is 0 Å². The van der Waals surface area contributed by atoms with E-state index in [0.717, 1.165) is 64.5 Å². The third-order valence-corrected chi connectivity index (χ3v) is 9.65. The Hall–Kier alpha value is -6.17. The van der Waals surface area contributed by atoms with Gasteiger partial charge in [0.05, 0.1) is 11.9 Å². The second-order valence-electron chi connectivity index (χ2n) is 13.3. The van der Waals surface area contributed by atoms with Crippen LogP contribution in [0, 0.1) is 13.8 Å². The Kier molecular flexibility index (Phi) is 9.62. The monoisotopic (exact) mass is 698 g/mol. The summed E-state index contributed by atoms with van der Waals surface area (Å²) in [7, 11) is 3.98. The molecule has 0 atom stereocenters. The van der Waals surface area contributed by atoms with Crippen molar-refractivity contribution in [3.05, 3.63) is 106 Å². The summed E-state index contributed by atoms with van der Waals surface area (Å²) in [5.74, 6) is 0.491. The lowest BCUT2D eigenvalue weighted by atomic mass is 10.0. The minimum atomic E-state index is -0.343. The van der Waals surface area contributed by atoms with Crippen LogP contribution in [0.4, 0.5) is 11.6 Å². The molecule has 4 heterocycles. The minimum absolute atomic E-state index is 0.0379. The van der Waals surface area contributed by atoms with Gasteiger partial charge in [0, 0.05) is 61.3 Å². The van der Waals surface area contributed by atoms with Crippen LogP contribution in [-0.4, -0.2) is 44.5 Å². The fraction of sp³-hybridized carbons (Fsp3) is 0.275. The van der Waals surface area contributed by atoms with E-state index in [0.29, 0.717) is 47.8 Å². The zero-order valence-corrected chi connectivity index (χ0v) is 29.8. The highest BCUT2D eigenvalue weighted by Crippen LogP contribution is 2.34. The number of hydrogen-bond donors (Lipinski definition) is 3. The third-order valence-electron chi connectivity index (χ3n) is 9.65. The van der Waals surface area contributed by atoms with Crippen molar-refractivity contribution in [3.63, 3.8) is 0 Å². The van der Waals surface area contributed by atoms with Gasteiger partial charge in [-0.1, -0.05) is 42.8 Å². The Bertz CT molecular complexity index is 2440. The molecule has 52 heavy (non-hydrogen) atoms. The van der Waals surface area contributed by atoms with Gasteiger partial charge < -0.3 is 34.7 Å². The molecular formula is C40H42N8O4. The first-order valence-corrected chi connectivity index (χ1v) is 17.4. The van der Waals surface area contributed by atoms with Crippen molar-refractivity contribution in [2.75, 3.05) is 24.7 Å². The van der Waals surface area contributed by atoms with Crippen molar-refractivity contribution in [2.45, 2.75) is 59.2 Å². The molecule has 266 valence electrons. The van der Waals surface area contributed by atoms with Gasteiger partial charge in [-0.2, -0.15) is 9.97 Å². The summed E-state index contributed by atoms with van der Waals surface area (Å²) >= 11 is 0. The lowest BCUT2D eigenvalue weighted by Gasteiger charge is -2.12. The fourth-order valence-corrected chi connectivity index (χ4v) is 6.64. The quantitative estimate of drug-likeness (QED) is 0.0870. The number of aromatic amines is 1. The SMILES string of the molecule is Cc1c(C)n(CCCCCC(=O)NCc2ccc(COc3nc(N)nc4nc[nH]c34)cc2)c2ccc3oc(=O)c(-c4ccc(N(C)C)cc4)cc3c12. The number of nitrogens with two attached hydrogens (primary N) is 1. The molecule has 0 bridgehead atoms. The number of benzene rings is 3. The Morgan fingerprint density at radius 2 is 1.75 bits per heavy atom. The number of carbonyl (C=O) groups is 1. The summed E-state index contributed by atoms with van der Waals surface area (Å²) < 4.78 is 14.0. The molecule has 0 saturated heterocycles. The molecule has 0 aliphatic rings. The summed E-state index contributed by atoms with van der Waals surface area (Å²) in [5, 5.41) is 5.08. The van der Waals surface area contributed by atoms with Gasteiger partial charge in [-0.3, -0.25) is 4.79 Å². The smallest absolute Gasteiger partial charge is 0.344 e. The molecule has 0 fully saturated rings. The standard InChI is InChI=1S/C40H42N8O4/c1-24-25(2)48(32-17-18-33-31(35(24)32)20-30(39(50)52-33)28-13-15-29(16-14-28)47(3)4)19-7-5-6-8-34(49)42-21-26-9-11-27(12-10-26)22-51-38-36-37(44-23-43-36)45-40(41)46-38/h9-18,20,23H,5-8,19,21-22H2,1-4H3,(H,42,49)(H3,41,43,44,45,46). The Labute approximate surface area is 300 Å². The van der Waals surface area contributed by atoms with Gasteiger partial charge in [-0.25, -0.2) is 9.78 Å². The molecule has 4 N–H and O–H groups in total. The number of H-pyrrole nitrogens is 1. The van der Waals surface area contributed by atoms with Crippen LogP contribution in [0.3, 0.4) is 0 Å². The lowest BCUT2D eigenvalue weighted by Crippen LogP contribution is -2.22.